The topological polar surface area (TPSA) is 30.0 Å². The Morgan fingerprint density at radius 1 is 1.46 bits per heavy atom. The van der Waals surface area contributed by atoms with Crippen LogP contribution in [0, 0.1) is 0 Å². The van der Waals surface area contributed by atoms with Gasteiger partial charge in [-0.2, -0.15) is 13.2 Å². The Morgan fingerprint density at radius 2 is 2.08 bits per heavy atom. The summed E-state index contributed by atoms with van der Waals surface area (Å²) in [6.07, 6.45) is 1.31. The van der Waals surface area contributed by atoms with Gasteiger partial charge in [-0.05, 0) is 28.1 Å². The van der Waals surface area contributed by atoms with Crippen LogP contribution in [0.1, 0.15) is 0 Å². The maximum absolute atomic E-state index is 12.0. The molecule has 0 saturated carbocycles. The molecular formula is C6H3BrF3NOS. The highest BCUT2D eigenvalue weighted by Crippen LogP contribution is 2.29. The molecule has 1 rings (SSSR count). The monoisotopic (exact) mass is 273 g/mol. The Morgan fingerprint density at radius 3 is 2.54 bits per heavy atom. The van der Waals surface area contributed by atoms with Crippen LogP contribution in [0.4, 0.5) is 13.2 Å². The smallest absolute Gasteiger partial charge is 0.248 e. The molecule has 0 fully saturated rings. The molecule has 1 atom stereocenters. The first-order valence-electron chi connectivity index (χ1n) is 3.02. The van der Waals surface area contributed by atoms with E-state index in [1.165, 1.54) is 12.3 Å². The van der Waals surface area contributed by atoms with Crippen LogP contribution in [0.15, 0.2) is 27.8 Å². The number of hydrogen-bond donors (Lipinski definition) is 0. The van der Waals surface area contributed by atoms with Gasteiger partial charge in [0.2, 0.25) is 0 Å². The van der Waals surface area contributed by atoms with Crippen molar-refractivity contribution in [3.63, 3.8) is 0 Å². The summed E-state index contributed by atoms with van der Waals surface area (Å²) in [6.45, 7) is 0. The Kier molecular flexibility index (Phi) is 3.07. The summed E-state index contributed by atoms with van der Waals surface area (Å²) in [5.74, 6) is 0. The third kappa shape index (κ3) is 2.50. The lowest BCUT2D eigenvalue weighted by atomic mass is 10.5. The third-order valence-corrected chi connectivity index (χ3v) is 3.18. The van der Waals surface area contributed by atoms with Crippen LogP contribution in [0.5, 0.6) is 0 Å². The Bertz CT molecular complexity index is 341. The van der Waals surface area contributed by atoms with Crippen molar-refractivity contribution in [2.45, 2.75) is 10.4 Å². The first kappa shape index (κ1) is 10.6. The molecule has 1 unspecified atom stereocenters. The summed E-state index contributed by atoms with van der Waals surface area (Å²) < 4.78 is 46.7. The highest BCUT2D eigenvalue weighted by molar-refractivity contribution is 9.10. The van der Waals surface area contributed by atoms with Crippen molar-refractivity contribution >= 4 is 26.7 Å². The molecule has 1 heterocycles. The predicted octanol–water partition coefficient (Wildman–Crippen LogP) is 2.47. The van der Waals surface area contributed by atoms with Crippen molar-refractivity contribution in [3.05, 3.63) is 22.9 Å². The summed E-state index contributed by atoms with van der Waals surface area (Å²) in [7, 11) is -3.02. The standard InChI is InChI=1S/C6H3BrF3NOS/c7-5-4(2-1-3-11-5)13(12)6(8,9)10/h1-3H. The zero-order chi connectivity index (χ0) is 10.1. The number of hydrogen-bond acceptors (Lipinski definition) is 2. The Hall–Kier alpha value is -0.430. The molecule has 1 aromatic rings. The number of pyridine rings is 1. The van der Waals surface area contributed by atoms with Crippen molar-refractivity contribution in [2.75, 3.05) is 0 Å². The highest BCUT2D eigenvalue weighted by atomic mass is 79.9. The third-order valence-electron chi connectivity index (χ3n) is 1.13. The largest absolute Gasteiger partial charge is 0.475 e. The molecule has 1 aromatic heterocycles. The Labute approximate surface area is 82.8 Å². The van der Waals surface area contributed by atoms with E-state index in [0.29, 0.717) is 0 Å². The van der Waals surface area contributed by atoms with Crippen molar-refractivity contribution in [3.8, 4) is 0 Å². The SMILES string of the molecule is O=S(c1cccnc1Br)C(F)(F)F. The molecule has 7 heteroatoms. The van der Waals surface area contributed by atoms with Gasteiger partial charge in [0.1, 0.15) is 4.60 Å². The number of halogens is 4. The van der Waals surface area contributed by atoms with E-state index < -0.39 is 16.3 Å². The molecule has 0 amide bonds. The first-order valence-corrected chi connectivity index (χ1v) is 4.96. The van der Waals surface area contributed by atoms with Crippen LogP contribution < -0.4 is 0 Å². The summed E-state index contributed by atoms with van der Waals surface area (Å²) in [6, 6.07) is 2.41. The van der Waals surface area contributed by atoms with Gasteiger partial charge in [0, 0.05) is 6.20 Å². The fraction of sp³-hybridized carbons (Fsp3) is 0.167. The van der Waals surface area contributed by atoms with Gasteiger partial charge in [-0.1, -0.05) is 0 Å². The average molecular weight is 274 g/mol. The second-order valence-electron chi connectivity index (χ2n) is 2.01. The lowest BCUT2D eigenvalue weighted by Crippen LogP contribution is -2.16. The normalized spacial score (nSPS) is 14.2. The number of aromatic nitrogens is 1. The minimum atomic E-state index is -4.74. The molecule has 13 heavy (non-hydrogen) atoms. The number of alkyl halides is 3. The van der Waals surface area contributed by atoms with Crippen LogP contribution in [0.2, 0.25) is 0 Å². The van der Waals surface area contributed by atoms with E-state index in [4.69, 9.17) is 0 Å². The summed E-state index contributed by atoms with van der Waals surface area (Å²) in [5, 5.41) is 0. The minimum absolute atomic E-state index is 0.0503. The van der Waals surface area contributed by atoms with Gasteiger partial charge in [0.05, 0.1) is 4.90 Å². The maximum atomic E-state index is 12.0. The van der Waals surface area contributed by atoms with E-state index in [0.717, 1.165) is 6.07 Å². The van der Waals surface area contributed by atoms with E-state index in [1.807, 2.05) is 0 Å². The second-order valence-corrected chi connectivity index (χ2v) is 4.20. The van der Waals surface area contributed by atoms with Gasteiger partial charge in [0.25, 0.3) is 0 Å². The van der Waals surface area contributed by atoms with Crippen molar-refractivity contribution in [1.29, 1.82) is 0 Å². The van der Waals surface area contributed by atoms with Gasteiger partial charge in [-0.25, -0.2) is 9.19 Å². The van der Waals surface area contributed by atoms with E-state index in [-0.39, 0.29) is 9.50 Å². The van der Waals surface area contributed by atoms with Crippen molar-refractivity contribution in [2.24, 2.45) is 0 Å². The van der Waals surface area contributed by atoms with Crippen LogP contribution >= 0.6 is 15.9 Å². The molecule has 0 saturated heterocycles. The van der Waals surface area contributed by atoms with Gasteiger partial charge in [-0.3, -0.25) is 0 Å². The molecule has 0 aliphatic carbocycles. The van der Waals surface area contributed by atoms with E-state index in [9.17, 15) is 17.4 Å². The molecule has 2 nitrogen and oxygen atoms in total. The van der Waals surface area contributed by atoms with Crippen LogP contribution in [0.25, 0.3) is 0 Å². The summed E-state index contributed by atoms with van der Waals surface area (Å²) in [4.78, 5) is 3.17. The van der Waals surface area contributed by atoms with E-state index in [1.54, 1.807) is 0 Å². The average Bonchev–Trinajstić information content (AvgIpc) is 2.02. The second kappa shape index (κ2) is 3.75. The van der Waals surface area contributed by atoms with E-state index in [2.05, 4.69) is 20.9 Å². The maximum Gasteiger partial charge on any atom is 0.475 e. The molecular weight excluding hydrogens is 271 g/mol. The van der Waals surface area contributed by atoms with Gasteiger partial charge >= 0.3 is 5.51 Å². The Balaban J connectivity index is 3.10. The minimum Gasteiger partial charge on any atom is -0.248 e. The molecule has 0 aliphatic rings. The molecule has 0 aromatic carbocycles. The van der Waals surface area contributed by atoms with Crippen LogP contribution in [-0.4, -0.2) is 14.7 Å². The zero-order valence-corrected chi connectivity index (χ0v) is 8.41. The molecule has 0 bridgehead atoms. The number of nitrogens with zero attached hydrogens (tertiary/aromatic N) is 1. The quantitative estimate of drug-likeness (QED) is 0.736. The van der Waals surface area contributed by atoms with Crippen molar-refractivity contribution < 1.29 is 17.4 Å². The molecule has 0 spiro atoms. The summed E-state index contributed by atoms with van der Waals surface area (Å²) in [5.41, 5.74) is -4.74. The zero-order valence-electron chi connectivity index (χ0n) is 6.01. The lowest BCUT2D eigenvalue weighted by molar-refractivity contribution is -0.0385. The van der Waals surface area contributed by atoms with Gasteiger partial charge in [-0.15, -0.1) is 0 Å². The molecule has 0 N–H and O–H groups in total. The highest BCUT2D eigenvalue weighted by Gasteiger charge is 2.39. The number of rotatable bonds is 1. The van der Waals surface area contributed by atoms with Crippen molar-refractivity contribution in [1.82, 2.24) is 4.98 Å². The fourth-order valence-electron chi connectivity index (χ4n) is 0.634. The molecule has 72 valence electrons. The van der Waals surface area contributed by atoms with Crippen LogP contribution in [-0.2, 0) is 10.8 Å². The predicted molar refractivity (Wildman–Crippen MR) is 44.4 cm³/mol. The fourth-order valence-corrected chi connectivity index (χ4v) is 1.98. The lowest BCUT2D eigenvalue weighted by Gasteiger charge is -2.06. The van der Waals surface area contributed by atoms with E-state index >= 15 is 0 Å². The first-order chi connectivity index (χ1) is 5.93. The van der Waals surface area contributed by atoms with Gasteiger partial charge in [0.15, 0.2) is 10.8 Å². The molecule has 0 aliphatic heterocycles. The van der Waals surface area contributed by atoms with Crippen LogP contribution in [0.3, 0.4) is 0 Å². The molecule has 0 radical (unpaired) electrons. The van der Waals surface area contributed by atoms with Gasteiger partial charge < -0.3 is 0 Å². The summed E-state index contributed by atoms with van der Waals surface area (Å²) >= 11 is 2.79.